The van der Waals surface area contributed by atoms with Crippen molar-refractivity contribution in [2.75, 3.05) is 6.54 Å². The van der Waals surface area contributed by atoms with Crippen LogP contribution in [0.1, 0.15) is 22.8 Å². The summed E-state index contributed by atoms with van der Waals surface area (Å²) in [5.74, 6) is -1.00. The summed E-state index contributed by atoms with van der Waals surface area (Å²) in [5, 5.41) is 2.23. The Morgan fingerprint density at radius 2 is 1.94 bits per heavy atom. The predicted octanol–water partition coefficient (Wildman–Crippen LogP) is 2.79. The van der Waals surface area contributed by atoms with Gasteiger partial charge >= 0.3 is 6.18 Å². The lowest BCUT2D eigenvalue weighted by Gasteiger charge is -2.11. The van der Waals surface area contributed by atoms with Gasteiger partial charge in [0.25, 0.3) is 5.91 Å². The second kappa shape index (κ2) is 5.51. The van der Waals surface area contributed by atoms with Gasteiger partial charge in [-0.15, -0.1) is 0 Å². The van der Waals surface area contributed by atoms with Crippen molar-refractivity contribution in [3.63, 3.8) is 0 Å². The molecular formula is C11H9BrF3NO2. The molecule has 3 nitrogen and oxygen atoms in total. The number of Topliss-reactive ketones (excluding diaryl/α,β-unsaturated/α-hetero) is 1. The van der Waals surface area contributed by atoms with Crippen LogP contribution in [0.25, 0.3) is 0 Å². The fourth-order valence-electron chi connectivity index (χ4n) is 1.19. The molecule has 1 N–H and O–H groups in total. The molecule has 0 unspecified atom stereocenters. The first-order valence-electron chi connectivity index (χ1n) is 4.86. The van der Waals surface area contributed by atoms with Crippen LogP contribution >= 0.6 is 15.9 Å². The summed E-state index contributed by atoms with van der Waals surface area (Å²) >= 11 is 2.77. The summed E-state index contributed by atoms with van der Waals surface area (Å²) < 4.78 is 37.6. The Bertz CT molecular complexity index is 486. The molecule has 0 spiro atoms. The zero-order valence-corrected chi connectivity index (χ0v) is 10.9. The van der Waals surface area contributed by atoms with E-state index in [1.165, 1.54) is 13.0 Å². The smallest absolute Gasteiger partial charge is 0.345 e. The van der Waals surface area contributed by atoms with E-state index < -0.39 is 17.6 Å². The fourth-order valence-corrected chi connectivity index (χ4v) is 1.66. The molecule has 98 valence electrons. The highest BCUT2D eigenvalue weighted by molar-refractivity contribution is 9.10. The molecule has 0 aliphatic carbocycles. The first-order valence-corrected chi connectivity index (χ1v) is 5.65. The highest BCUT2D eigenvalue weighted by atomic mass is 79.9. The van der Waals surface area contributed by atoms with Gasteiger partial charge < -0.3 is 5.32 Å². The van der Waals surface area contributed by atoms with Gasteiger partial charge in [0.05, 0.1) is 12.1 Å². The van der Waals surface area contributed by atoms with Gasteiger partial charge in [-0.1, -0.05) is 15.9 Å². The second-order valence-electron chi connectivity index (χ2n) is 3.58. The molecule has 0 aliphatic rings. The monoisotopic (exact) mass is 323 g/mol. The van der Waals surface area contributed by atoms with Crippen LogP contribution in [0.4, 0.5) is 13.2 Å². The molecule has 0 aromatic heterocycles. The molecule has 0 radical (unpaired) electrons. The molecule has 7 heteroatoms. The zero-order chi connectivity index (χ0) is 13.9. The molecule has 0 bridgehead atoms. The van der Waals surface area contributed by atoms with Crippen molar-refractivity contribution in [3.8, 4) is 0 Å². The van der Waals surface area contributed by atoms with Crippen LogP contribution in [-0.4, -0.2) is 18.2 Å². The van der Waals surface area contributed by atoms with Gasteiger partial charge in [-0.3, -0.25) is 9.59 Å². The van der Waals surface area contributed by atoms with E-state index in [9.17, 15) is 22.8 Å². The lowest BCUT2D eigenvalue weighted by molar-refractivity contribution is -0.138. The number of nitrogens with one attached hydrogen (secondary N) is 1. The van der Waals surface area contributed by atoms with Gasteiger partial charge in [-0.25, -0.2) is 0 Å². The number of amides is 1. The van der Waals surface area contributed by atoms with Gasteiger partial charge in [0.2, 0.25) is 0 Å². The first kappa shape index (κ1) is 14.7. The molecule has 1 amide bonds. The standard InChI is InChI=1S/C11H9BrF3NO2/c1-6(17)5-16-10(18)7-2-3-9(12)8(4-7)11(13,14)15/h2-4H,5H2,1H3,(H,16,18). The molecule has 18 heavy (non-hydrogen) atoms. The van der Waals surface area contributed by atoms with Crippen LogP contribution in [0.15, 0.2) is 22.7 Å². The Morgan fingerprint density at radius 1 is 1.33 bits per heavy atom. The molecule has 0 saturated carbocycles. The summed E-state index contributed by atoms with van der Waals surface area (Å²) in [7, 11) is 0. The van der Waals surface area contributed by atoms with E-state index in [1.54, 1.807) is 0 Å². The van der Waals surface area contributed by atoms with Crippen LogP contribution in [0.3, 0.4) is 0 Å². The lowest BCUT2D eigenvalue weighted by Crippen LogP contribution is -2.28. The highest BCUT2D eigenvalue weighted by Crippen LogP contribution is 2.35. The minimum Gasteiger partial charge on any atom is -0.345 e. The number of benzene rings is 1. The maximum atomic E-state index is 12.6. The third-order valence-electron chi connectivity index (χ3n) is 2.03. The molecule has 0 heterocycles. The summed E-state index contributed by atoms with van der Waals surface area (Å²) in [6.45, 7) is 1.05. The summed E-state index contributed by atoms with van der Waals surface area (Å²) in [6.07, 6.45) is -4.55. The topological polar surface area (TPSA) is 46.2 Å². The average Bonchev–Trinajstić information content (AvgIpc) is 2.24. The van der Waals surface area contributed by atoms with Crippen molar-refractivity contribution in [1.29, 1.82) is 0 Å². The zero-order valence-electron chi connectivity index (χ0n) is 9.27. The van der Waals surface area contributed by atoms with E-state index >= 15 is 0 Å². The van der Waals surface area contributed by atoms with Gasteiger partial charge in [-0.05, 0) is 25.1 Å². The third-order valence-corrected chi connectivity index (χ3v) is 2.72. The van der Waals surface area contributed by atoms with Crippen molar-refractivity contribution < 1.29 is 22.8 Å². The highest BCUT2D eigenvalue weighted by Gasteiger charge is 2.33. The minimum atomic E-state index is -4.55. The van der Waals surface area contributed by atoms with Crippen molar-refractivity contribution in [1.82, 2.24) is 5.32 Å². The number of hydrogen-bond donors (Lipinski definition) is 1. The van der Waals surface area contributed by atoms with Crippen LogP contribution in [0.2, 0.25) is 0 Å². The maximum Gasteiger partial charge on any atom is 0.417 e. The molecule has 0 fully saturated rings. The van der Waals surface area contributed by atoms with Crippen LogP contribution in [0, 0.1) is 0 Å². The molecule has 1 rings (SSSR count). The number of halogens is 4. The number of carbonyl (C=O) groups excluding carboxylic acids is 2. The largest absolute Gasteiger partial charge is 0.417 e. The Hall–Kier alpha value is -1.37. The second-order valence-corrected chi connectivity index (χ2v) is 4.43. The van der Waals surface area contributed by atoms with E-state index in [1.807, 2.05) is 0 Å². The van der Waals surface area contributed by atoms with E-state index in [0.717, 1.165) is 12.1 Å². The number of carbonyl (C=O) groups is 2. The normalized spacial score (nSPS) is 11.2. The summed E-state index contributed by atoms with van der Waals surface area (Å²) in [6, 6.07) is 3.12. The predicted molar refractivity (Wildman–Crippen MR) is 62.2 cm³/mol. The van der Waals surface area contributed by atoms with Crippen LogP contribution in [-0.2, 0) is 11.0 Å². The molecule has 0 atom stereocenters. The van der Waals surface area contributed by atoms with E-state index in [4.69, 9.17) is 0 Å². The van der Waals surface area contributed by atoms with Crippen molar-refractivity contribution in [2.24, 2.45) is 0 Å². The Morgan fingerprint density at radius 3 is 2.44 bits per heavy atom. The number of hydrogen-bond acceptors (Lipinski definition) is 2. The Labute approximate surface area is 109 Å². The lowest BCUT2D eigenvalue weighted by atomic mass is 10.1. The molecule has 0 saturated heterocycles. The quantitative estimate of drug-likeness (QED) is 0.929. The number of rotatable bonds is 3. The molecule has 1 aromatic carbocycles. The average molecular weight is 324 g/mol. The third kappa shape index (κ3) is 3.83. The number of ketones is 1. The van der Waals surface area contributed by atoms with Crippen molar-refractivity contribution >= 4 is 27.6 Å². The van der Waals surface area contributed by atoms with Crippen molar-refractivity contribution in [2.45, 2.75) is 13.1 Å². The minimum absolute atomic E-state index is 0.141. The Balaban J connectivity index is 2.98. The first-order chi connectivity index (χ1) is 8.21. The van der Waals surface area contributed by atoms with Gasteiger partial charge in [0, 0.05) is 10.0 Å². The number of alkyl halides is 3. The van der Waals surface area contributed by atoms with Crippen molar-refractivity contribution in [3.05, 3.63) is 33.8 Å². The van der Waals surface area contributed by atoms with Gasteiger partial charge in [-0.2, -0.15) is 13.2 Å². The van der Waals surface area contributed by atoms with Crippen LogP contribution in [0.5, 0.6) is 0 Å². The van der Waals surface area contributed by atoms with Gasteiger partial charge in [0.1, 0.15) is 5.78 Å². The molecule has 0 aliphatic heterocycles. The van der Waals surface area contributed by atoms with E-state index in [0.29, 0.717) is 0 Å². The summed E-state index contributed by atoms with van der Waals surface area (Å²) in [5.41, 5.74) is -1.08. The molecular weight excluding hydrogens is 315 g/mol. The van der Waals surface area contributed by atoms with Crippen LogP contribution < -0.4 is 5.32 Å². The van der Waals surface area contributed by atoms with E-state index in [-0.39, 0.29) is 22.4 Å². The summed E-state index contributed by atoms with van der Waals surface area (Å²) in [4.78, 5) is 22.2. The van der Waals surface area contributed by atoms with E-state index in [2.05, 4.69) is 21.2 Å². The van der Waals surface area contributed by atoms with Gasteiger partial charge in [0.15, 0.2) is 0 Å². The SMILES string of the molecule is CC(=O)CNC(=O)c1ccc(Br)c(C(F)(F)F)c1. The fraction of sp³-hybridized carbons (Fsp3) is 0.273. The maximum absolute atomic E-state index is 12.6. The Kier molecular flexibility index (Phi) is 4.50. The molecule has 1 aromatic rings.